The van der Waals surface area contributed by atoms with Gasteiger partial charge in [0.05, 0.1) is 0 Å². The molecule has 1 heterocycles. The molecular weight excluding hydrogens is 268 g/mol. The third-order valence-electron chi connectivity index (χ3n) is 3.79. The lowest BCUT2D eigenvalue weighted by Gasteiger charge is -2.15. The van der Waals surface area contributed by atoms with Gasteiger partial charge in [0.1, 0.15) is 0 Å². The molecule has 2 amide bonds. The van der Waals surface area contributed by atoms with Crippen LogP contribution in [0.15, 0.2) is 41.8 Å². The fourth-order valence-corrected chi connectivity index (χ4v) is 3.29. The number of hydrogen-bond acceptors (Lipinski definition) is 2. The molecule has 2 aromatic rings. The predicted octanol–water partition coefficient (Wildman–Crippen LogP) is 3.91. The minimum Gasteiger partial charge on any atom is -0.337 e. The van der Waals surface area contributed by atoms with Crippen molar-refractivity contribution in [3.05, 3.63) is 52.2 Å². The third-order valence-corrected chi connectivity index (χ3v) is 4.91. The molecule has 104 valence electrons. The Balaban J connectivity index is 1.54. The fraction of sp³-hybridized carbons (Fsp3) is 0.312. The Hall–Kier alpha value is -1.81. The number of anilines is 1. The number of carbonyl (C=O) groups excluding carboxylic acids is 1. The summed E-state index contributed by atoms with van der Waals surface area (Å²) in [5.74, 6) is 0. The van der Waals surface area contributed by atoms with Crippen molar-refractivity contribution in [2.75, 3.05) is 11.9 Å². The molecule has 1 aliphatic carbocycles. The molecule has 1 aromatic heterocycles. The van der Waals surface area contributed by atoms with Crippen LogP contribution >= 0.6 is 11.3 Å². The zero-order chi connectivity index (χ0) is 14.0. The topological polar surface area (TPSA) is 41.1 Å². The number of carbonyl (C=O) groups is 1. The summed E-state index contributed by atoms with van der Waals surface area (Å²) >= 11 is 1.78. The van der Waals surface area contributed by atoms with Crippen molar-refractivity contribution >= 4 is 23.1 Å². The zero-order valence-electron chi connectivity index (χ0n) is 11.5. The maximum Gasteiger partial charge on any atom is 0.319 e. The second-order valence-electron chi connectivity index (χ2n) is 5.43. The standard InChI is InChI=1S/C16H18N2OS/c1-12-4-6-13(7-5-12)18-15(19)17-11-16(8-9-16)14-3-2-10-20-14/h2-7,10H,8-9,11H2,1H3,(H2,17,18,19). The lowest BCUT2D eigenvalue weighted by atomic mass is 10.1. The number of benzene rings is 1. The fourth-order valence-electron chi connectivity index (χ4n) is 2.30. The van der Waals surface area contributed by atoms with E-state index in [4.69, 9.17) is 0 Å². The average molecular weight is 286 g/mol. The summed E-state index contributed by atoms with van der Waals surface area (Å²) in [4.78, 5) is 13.3. The van der Waals surface area contributed by atoms with Gasteiger partial charge < -0.3 is 10.6 Å². The van der Waals surface area contributed by atoms with E-state index in [1.54, 1.807) is 11.3 Å². The molecular formula is C16H18N2OS. The van der Waals surface area contributed by atoms with Gasteiger partial charge in [0.25, 0.3) is 0 Å². The van der Waals surface area contributed by atoms with Crippen molar-refractivity contribution in [2.45, 2.75) is 25.2 Å². The van der Waals surface area contributed by atoms with Crippen LogP contribution in [-0.4, -0.2) is 12.6 Å². The number of thiophene rings is 1. The first-order valence-electron chi connectivity index (χ1n) is 6.83. The molecule has 0 bridgehead atoms. The molecule has 0 unspecified atom stereocenters. The van der Waals surface area contributed by atoms with Crippen molar-refractivity contribution in [2.24, 2.45) is 0 Å². The lowest BCUT2D eigenvalue weighted by molar-refractivity contribution is 0.251. The summed E-state index contributed by atoms with van der Waals surface area (Å²) in [6.07, 6.45) is 2.33. The van der Waals surface area contributed by atoms with Gasteiger partial charge in [-0.2, -0.15) is 0 Å². The Morgan fingerprint density at radius 2 is 2.00 bits per heavy atom. The van der Waals surface area contributed by atoms with Gasteiger partial charge in [-0.1, -0.05) is 23.8 Å². The van der Waals surface area contributed by atoms with E-state index in [9.17, 15) is 4.79 Å². The van der Waals surface area contributed by atoms with Crippen LogP contribution in [0.3, 0.4) is 0 Å². The molecule has 0 saturated heterocycles. The molecule has 20 heavy (non-hydrogen) atoms. The first-order valence-corrected chi connectivity index (χ1v) is 7.71. The number of aryl methyl sites for hydroxylation is 1. The normalized spacial score (nSPS) is 15.7. The molecule has 0 aliphatic heterocycles. The number of nitrogens with one attached hydrogen (secondary N) is 2. The summed E-state index contributed by atoms with van der Waals surface area (Å²) in [6.45, 7) is 2.74. The summed E-state index contributed by atoms with van der Waals surface area (Å²) in [6, 6.07) is 11.9. The SMILES string of the molecule is Cc1ccc(NC(=O)NCC2(c3cccs3)CC2)cc1. The smallest absolute Gasteiger partial charge is 0.319 e. The van der Waals surface area contributed by atoms with Crippen LogP contribution < -0.4 is 10.6 Å². The molecule has 0 radical (unpaired) electrons. The molecule has 3 nitrogen and oxygen atoms in total. The van der Waals surface area contributed by atoms with Crippen LogP contribution in [0.1, 0.15) is 23.3 Å². The Bertz CT molecular complexity index is 585. The van der Waals surface area contributed by atoms with Crippen LogP contribution in [0.4, 0.5) is 10.5 Å². The third kappa shape index (κ3) is 2.85. The summed E-state index contributed by atoms with van der Waals surface area (Å²) < 4.78 is 0. The quantitative estimate of drug-likeness (QED) is 0.879. The van der Waals surface area contributed by atoms with Crippen molar-refractivity contribution in [3.8, 4) is 0 Å². The highest BCUT2D eigenvalue weighted by Gasteiger charge is 2.45. The lowest BCUT2D eigenvalue weighted by Crippen LogP contribution is -2.35. The van der Waals surface area contributed by atoms with Crippen LogP contribution in [0.2, 0.25) is 0 Å². The second kappa shape index (κ2) is 5.29. The van der Waals surface area contributed by atoms with Gasteiger partial charge in [0.2, 0.25) is 0 Å². The van der Waals surface area contributed by atoms with Crippen molar-refractivity contribution in [3.63, 3.8) is 0 Å². The van der Waals surface area contributed by atoms with Crippen LogP contribution in [0, 0.1) is 6.92 Å². The summed E-state index contributed by atoms with van der Waals surface area (Å²) in [5, 5.41) is 7.96. The van der Waals surface area contributed by atoms with Gasteiger partial charge in [-0.3, -0.25) is 0 Å². The second-order valence-corrected chi connectivity index (χ2v) is 6.38. The summed E-state index contributed by atoms with van der Waals surface area (Å²) in [7, 11) is 0. The minimum absolute atomic E-state index is 0.128. The largest absolute Gasteiger partial charge is 0.337 e. The Labute approximate surface area is 123 Å². The molecule has 3 rings (SSSR count). The van der Waals surface area contributed by atoms with E-state index in [1.165, 1.54) is 23.3 Å². The maximum absolute atomic E-state index is 11.9. The Kier molecular flexibility index (Phi) is 3.49. The van der Waals surface area contributed by atoms with Gasteiger partial charge in [-0.25, -0.2) is 4.79 Å². The van der Waals surface area contributed by atoms with E-state index in [0.717, 1.165) is 5.69 Å². The van der Waals surface area contributed by atoms with E-state index >= 15 is 0 Å². The number of amides is 2. The van der Waals surface area contributed by atoms with Gasteiger partial charge in [0.15, 0.2) is 0 Å². The van der Waals surface area contributed by atoms with E-state index in [-0.39, 0.29) is 11.4 Å². The zero-order valence-corrected chi connectivity index (χ0v) is 12.3. The highest BCUT2D eigenvalue weighted by molar-refractivity contribution is 7.10. The monoisotopic (exact) mass is 286 g/mol. The molecule has 0 atom stereocenters. The molecule has 1 aromatic carbocycles. The van der Waals surface area contributed by atoms with E-state index in [0.29, 0.717) is 6.54 Å². The van der Waals surface area contributed by atoms with Crippen molar-refractivity contribution in [1.29, 1.82) is 0 Å². The number of urea groups is 1. The Morgan fingerprint density at radius 1 is 1.25 bits per heavy atom. The van der Waals surface area contributed by atoms with Gasteiger partial charge >= 0.3 is 6.03 Å². The molecule has 1 aliphatic rings. The van der Waals surface area contributed by atoms with Crippen molar-refractivity contribution in [1.82, 2.24) is 5.32 Å². The van der Waals surface area contributed by atoms with Crippen molar-refractivity contribution < 1.29 is 4.79 Å². The van der Waals surface area contributed by atoms with Gasteiger partial charge in [0, 0.05) is 22.5 Å². The van der Waals surface area contributed by atoms with E-state index in [2.05, 4.69) is 28.1 Å². The van der Waals surface area contributed by atoms with Gasteiger partial charge in [-0.15, -0.1) is 11.3 Å². The highest BCUT2D eigenvalue weighted by Crippen LogP contribution is 2.49. The highest BCUT2D eigenvalue weighted by atomic mass is 32.1. The molecule has 1 fully saturated rings. The first kappa shape index (κ1) is 13.2. The number of rotatable bonds is 4. The molecule has 0 spiro atoms. The van der Waals surface area contributed by atoms with Gasteiger partial charge in [-0.05, 0) is 43.3 Å². The predicted molar refractivity (Wildman–Crippen MR) is 83.4 cm³/mol. The van der Waals surface area contributed by atoms with Crippen LogP contribution in [0.5, 0.6) is 0 Å². The van der Waals surface area contributed by atoms with E-state index < -0.39 is 0 Å². The van der Waals surface area contributed by atoms with Crippen LogP contribution in [0.25, 0.3) is 0 Å². The summed E-state index contributed by atoms with van der Waals surface area (Å²) in [5.41, 5.74) is 2.21. The molecule has 4 heteroatoms. The van der Waals surface area contributed by atoms with E-state index in [1.807, 2.05) is 31.2 Å². The molecule has 2 N–H and O–H groups in total. The minimum atomic E-state index is -0.128. The number of hydrogen-bond donors (Lipinski definition) is 2. The Morgan fingerprint density at radius 3 is 2.60 bits per heavy atom. The molecule has 1 saturated carbocycles. The maximum atomic E-state index is 11.9. The first-order chi connectivity index (χ1) is 9.68. The average Bonchev–Trinajstić information content (AvgIpc) is 3.03. The van der Waals surface area contributed by atoms with Crippen LogP contribution in [-0.2, 0) is 5.41 Å².